The molecule has 0 aliphatic heterocycles. The van der Waals surface area contributed by atoms with Gasteiger partial charge in [-0.15, -0.1) is 0 Å². The first kappa shape index (κ1) is 9.23. The molecule has 0 bridgehead atoms. The Labute approximate surface area is 44.2 Å². The molecule has 3 nitrogen and oxygen atoms in total. The van der Waals surface area contributed by atoms with Crippen LogP contribution in [0, 0.1) is 0 Å². The summed E-state index contributed by atoms with van der Waals surface area (Å²) in [5.74, 6) is 0. The molecule has 0 amide bonds. The van der Waals surface area contributed by atoms with Crippen LogP contribution in [0.4, 0.5) is 0 Å². The van der Waals surface area contributed by atoms with Crippen molar-refractivity contribution < 1.29 is 43.8 Å². The molecule has 0 unspecified atom stereocenters. The summed E-state index contributed by atoms with van der Waals surface area (Å²) in [6, 6.07) is 0. The van der Waals surface area contributed by atoms with Crippen LogP contribution in [0.5, 0.6) is 0 Å². The summed E-state index contributed by atoms with van der Waals surface area (Å²) >= 11 is -3.15. The molecule has 0 aliphatic carbocycles. The molecule has 5 heavy (non-hydrogen) atoms. The van der Waals surface area contributed by atoms with Gasteiger partial charge in [0.1, 0.15) is 0 Å². The van der Waals surface area contributed by atoms with E-state index in [0.29, 0.717) is 0 Å². The summed E-state index contributed by atoms with van der Waals surface area (Å²) < 4.78 is 23.1. The third-order valence-corrected chi connectivity index (χ3v) is 0. The van der Waals surface area contributed by atoms with Crippen molar-refractivity contribution in [2.24, 2.45) is 0 Å². The van der Waals surface area contributed by atoms with E-state index in [1.165, 1.54) is 0 Å². The summed E-state index contributed by atoms with van der Waals surface area (Å²) in [5.41, 5.74) is 0. The fourth-order valence-corrected chi connectivity index (χ4v) is 0. The molecule has 0 fully saturated rings. The zero-order valence-corrected chi connectivity index (χ0v) is 4.10. The van der Waals surface area contributed by atoms with Crippen LogP contribution in [-0.4, -0.2) is 8.38 Å². The summed E-state index contributed by atoms with van der Waals surface area (Å²) in [7, 11) is 0. The number of rotatable bonds is 0. The molecular weight excluding hydrogens is 166 g/mol. The van der Waals surface area contributed by atoms with Gasteiger partial charge in [0.15, 0.2) is 0 Å². The van der Waals surface area contributed by atoms with E-state index >= 15 is 0 Å². The van der Waals surface area contributed by atoms with Crippen molar-refractivity contribution in [3.8, 4) is 0 Å². The van der Waals surface area contributed by atoms with E-state index in [0.717, 1.165) is 0 Å². The second kappa shape index (κ2) is 4.76. The standard InChI is InChI=1S/Cu.Mn.2H2O.O/h;;2*1H2;/q;+2;;;/p-2. The molecule has 0 spiro atoms. The minimum absolute atomic E-state index is 0. The SMILES string of the molecule is [Cu].[O]=[Mn]([OH])[OH]. The van der Waals surface area contributed by atoms with Crippen LogP contribution < -0.4 is 0 Å². The first-order valence-corrected chi connectivity index (χ1v) is 2.03. The summed E-state index contributed by atoms with van der Waals surface area (Å²) in [5, 5.41) is 0. The van der Waals surface area contributed by atoms with Crippen molar-refractivity contribution in [1.82, 2.24) is 0 Å². The van der Waals surface area contributed by atoms with E-state index in [2.05, 4.69) is 0 Å². The Hall–Kier alpha value is 0.759. The molecule has 1 radical (unpaired) electrons. The van der Waals surface area contributed by atoms with Gasteiger partial charge in [0.25, 0.3) is 0 Å². The van der Waals surface area contributed by atoms with Gasteiger partial charge in [-0.05, 0) is 0 Å². The molecular formula is H2CuMnO3. The van der Waals surface area contributed by atoms with Crippen molar-refractivity contribution >= 4 is 0 Å². The van der Waals surface area contributed by atoms with Gasteiger partial charge in [-0.25, -0.2) is 0 Å². The van der Waals surface area contributed by atoms with Gasteiger partial charge >= 0.3 is 26.7 Å². The zero-order chi connectivity index (χ0) is 3.58. The Morgan fingerprint density at radius 3 is 1.40 bits per heavy atom. The zero-order valence-electron chi connectivity index (χ0n) is 1.98. The summed E-state index contributed by atoms with van der Waals surface area (Å²) in [6.45, 7) is 0. The maximum atomic E-state index is 8.74. The normalized spacial score (nSPS) is 7.00. The third-order valence-electron chi connectivity index (χ3n) is 0. The van der Waals surface area contributed by atoms with Crippen molar-refractivity contribution in [3.05, 3.63) is 0 Å². The average molecular weight is 168 g/mol. The minimum atomic E-state index is -3.15. The molecule has 2 N–H and O–H groups in total. The van der Waals surface area contributed by atoms with Crippen LogP contribution in [0.25, 0.3) is 0 Å². The fourth-order valence-electron chi connectivity index (χ4n) is 0. The number of hydrogen-bond donors (Lipinski definition) is 2. The van der Waals surface area contributed by atoms with E-state index in [1.807, 2.05) is 0 Å². The quantitative estimate of drug-likeness (QED) is 0.445. The van der Waals surface area contributed by atoms with Crippen molar-refractivity contribution in [2.75, 3.05) is 0 Å². The van der Waals surface area contributed by atoms with Crippen molar-refractivity contribution in [2.45, 2.75) is 0 Å². The molecule has 5 heteroatoms. The van der Waals surface area contributed by atoms with Gasteiger partial charge in [0.05, 0.1) is 0 Å². The Bertz CT molecular complexity index is 29.9. The second-order valence-corrected chi connectivity index (χ2v) is 0.881. The van der Waals surface area contributed by atoms with Gasteiger partial charge in [0, 0.05) is 17.1 Å². The van der Waals surface area contributed by atoms with Crippen LogP contribution in [0.2, 0.25) is 0 Å². The molecule has 0 aromatic rings. The predicted octanol–water partition coefficient (Wildman–Crippen LogP) is -1.24. The number of hydrogen-bond acceptors (Lipinski definition) is 1. The van der Waals surface area contributed by atoms with Gasteiger partial charge in [0.2, 0.25) is 0 Å². The van der Waals surface area contributed by atoms with Gasteiger partial charge in [-0.1, -0.05) is 0 Å². The molecule has 0 aliphatic rings. The van der Waals surface area contributed by atoms with Crippen LogP contribution >= 0.6 is 0 Å². The molecule has 0 rings (SSSR count). The molecule has 0 heterocycles. The van der Waals surface area contributed by atoms with Crippen molar-refractivity contribution in [1.29, 1.82) is 0 Å². The maximum absolute atomic E-state index is 8.74. The molecule has 0 aromatic carbocycles. The Morgan fingerprint density at radius 2 is 1.40 bits per heavy atom. The van der Waals surface area contributed by atoms with Crippen LogP contribution in [-0.2, 0) is 35.4 Å². The van der Waals surface area contributed by atoms with Crippen LogP contribution in [0.3, 0.4) is 0 Å². The van der Waals surface area contributed by atoms with E-state index in [-0.39, 0.29) is 17.1 Å². The average Bonchev–Trinajstić information content (AvgIpc) is 0.811. The van der Waals surface area contributed by atoms with E-state index < -0.39 is 14.5 Å². The molecule has 0 saturated heterocycles. The second-order valence-electron chi connectivity index (χ2n) is 0.214. The molecule has 0 saturated carbocycles. The van der Waals surface area contributed by atoms with Gasteiger partial charge < -0.3 is 0 Å². The van der Waals surface area contributed by atoms with E-state index in [9.17, 15) is 0 Å². The summed E-state index contributed by atoms with van der Waals surface area (Å²) in [6.07, 6.45) is 0. The van der Waals surface area contributed by atoms with Gasteiger partial charge in [-0.2, -0.15) is 0 Å². The monoisotopic (exact) mass is 168 g/mol. The first-order valence-electron chi connectivity index (χ1n) is 0.492. The Balaban J connectivity index is 0. The van der Waals surface area contributed by atoms with Crippen molar-refractivity contribution in [3.63, 3.8) is 0 Å². The topological polar surface area (TPSA) is 57.5 Å². The Kier molecular flexibility index (Phi) is 8.79. The third kappa shape index (κ3) is 62.9. The Morgan fingerprint density at radius 1 is 1.40 bits per heavy atom. The van der Waals surface area contributed by atoms with E-state index in [4.69, 9.17) is 12.2 Å². The van der Waals surface area contributed by atoms with Crippen LogP contribution in [0.15, 0.2) is 0 Å². The predicted molar refractivity (Wildman–Crippen MR) is 5.12 cm³/mol. The fraction of sp³-hybridized carbons (Fsp3) is 0. The van der Waals surface area contributed by atoms with Gasteiger partial charge in [-0.3, -0.25) is 0 Å². The summed E-state index contributed by atoms with van der Waals surface area (Å²) in [4.78, 5) is 0. The van der Waals surface area contributed by atoms with Crippen LogP contribution in [0.1, 0.15) is 0 Å². The molecule has 38 valence electrons. The molecule has 0 atom stereocenters. The van der Waals surface area contributed by atoms with E-state index in [1.54, 1.807) is 0 Å². The molecule has 0 aromatic heterocycles. The first-order chi connectivity index (χ1) is 1.73.